The maximum atomic E-state index is 12.5. The normalized spacial score (nSPS) is 14.0. The van der Waals surface area contributed by atoms with Crippen molar-refractivity contribution in [2.75, 3.05) is 32.8 Å². The smallest absolute Gasteiger partial charge is 0.254 e. The molecule has 2 amide bonds. The highest BCUT2D eigenvalue weighted by Gasteiger charge is 2.24. The standard InChI is InChI=1S/C23H28N2O4/c1-17-6-3-7-18(2)22(17)29-15-5-10-21(27)24-11-13-25(14-12-24)23(28)19-8-4-9-20(26)16-19/h3-4,6-9,16,26H,5,10-15H2,1-2H3. The van der Waals surface area contributed by atoms with Gasteiger partial charge in [-0.1, -0.05) is 24.3 Å². The molecule has 0 atom stereocenters. The second-order valence-electron chi connectivity index (χ2n) is 7.40. The average molecular weight is 396 g/mol. The van der Waals surface area contributed by atoms with Crippen molar-refractivity contribution in [1.82, 2.24) is 9.80 Å². The summed E-state index contributed by atoms with van der Waals surface area (Å²) in [6, 6.07) is 12.4. The molecular formula is C23H28N2O4. The van der Waals surface area contributed by atoms with Crippen LogP contribution in [0, 0.1) is 13.8 Å². The van der Waals surface area contributed by atoms with E-state index in [1.807, 2.05) is 36.9 Å². The highest BCUT2D eigenvalue weighted by molar-refractivity contribution is 5.94. The molecule has 0 aliphatic carbocycles. The van der Waals surface area contributed by atoms with Gasteiger partial charge in [0.25, 0.3) is 5.91 Å². The van der Waals surface area contributed by atoms with E-state index in [0.717, 1.165) is 16.9 Å². The number of aryl methyl sites for hydroxylation is 2. The van der Waals surface area contributed by atoms with Crippen LogP contribution in [0.15, 0.2) is 42.5 Å². The molecule has 0 aromatic heterocycles. The van der Waals surface area contributed by atoms with Crippen LogP contribution in [-0.4, -0.2) is 59.5 Å². The SMILES string of the molecule is Cc1cccc(C)c1OCCCC(=O)N1CCN(C(=O)c2cccc(O)c2)CC1. The van der Waals surface area contributed by atoms with Gasteiger partial charge < -0.3 is 19.6 Å². The van der Waals surface area contributed by atoms with E-state index in [2.05, 4.69) is 0 Å². The van der Waals surface area contributed by atoms with E-state index in [4.69, 9.17) is 4.74 Å². The molecule has 29 heavy (non-hydrogen) atoms. The lowest BCUT2D eigenvalue weighted by molar-refractivity contribution is -0.132. The van der Waals surface area contributed by atoms with Gasteiger partial charge in [0.2, 0.25) is 5.91 Å². The Kier molecular flexibility index (Phi) is 6.75. The first kappa shape index (κ1) is 20.7. The van der Waals surface area contributed by atoms with E-state index in [-0.39, 0.29) is 17.6 Å². The lowest BCUT2D eigenvalue weighted by Crippen LogP contribution is -2.50. The van der Waals surface area contributed by atoms with Gasteiger partial charge in [-0.15, -0.1) is 0 Å². The van der Waals surface area contributed by atoms with Gasteiger partial charge in [-0.3, -0.25) is 9.59 Å². The predicted octanol–water partition coefficient (Wildman–Crippen LogP) is 3.15. The highest BCUT2D eigenvalue weighted by Crippen LogP contribution is 2.22. The van der Waals surface area contributed by atoms with Crippen molar-refractivity contribution in [1.29, 1.82) is 0 Å². The topological polar surface area (TPSA) is 70.1 Å². The molecule has 1 aliphatic heterocycles. The van der Waals surface area contributed by atoms with Crippen LogP contribution in [0.25, 0.3) is 0 Å². The zero-order valence-electron chi connectivity index (χ0n) is 17.1. The molecule has 1 fully saturated rings. The van der Waals surface area contributed by atoms with Gasteiger partial charge >= 0.3 is 0 Å². The lowest BCUT2D eigenvalue weighted by Gasteiger charge is -2.35. The zero-order valence-corrected chi connectivity index (χ0v) is 17.1. The third kappa shape index (κ3) is 5.28. The molecule has 6 heteroatoms. The van der Waals surface area contributed by atoms with E-state index < -0.39 is 0 Å². The van der Waals surface area contributed by atoms with Gasteiger partial charge in [0.1, 0.15) is 11.5 Å². The third-order valence-electron chi connectivity index (χ3n) is 5.20. The number of carbonyl (C=O) groups excluding carboxylic acids is 2. The molecule has 2 aromatic rings. The highest BCUT2D eigenvalue weighted by atomic mass is 16.5. The summed E-state index contributed by atoms with van der Waals surface area (Å²) in [5.74, 6) is 0.960. The summed E-state index contributed by atoms with van der Waals surface area (Å²) in [7, 11) is 0. The quantitative estimate of drug-likeness (QED) is 0.762. The summed E-state index contributed by atoms with van der Waals surface area (Å²) < 4.78 is 5.87. The summed E-state index contributed by atoms with van der Waals surface area (Å²) in [5, 5.41) is 9.55. The second-order valence-corrected chi connectivity index (χ2v) is 7.40. The fourth-order valence-corrected chi connectivity index (χ4v) is 3.56. The summed E-state index contributed by atoms with van der Waals surface area (Å²) in [6.45, 7) is 6.60. The number of carbonyl (C=O) groups is 2. The second kappa shape index (κ2) is 9.45. The number of aromatic hydroxyl groups is 1. The Labute approximate surface area is 171 Å². The molecule has 0 spiro atoms. The fraction of sp³-hybridized carbons (Fsp3) is 0.391. The lowest BCUT2D eigenvalue weighted by atomic mass is 10.1. The molecule has 1 heterocycles. The van der Waals surface area contributed by atoms with Gasteiger partial charge in [0.15, 0.2) is 0 Å². The Morgan fingerprint density at radius 2 is 1.59 bits per heavy atom. The van der Waals surface area contributed by atoms with E-state index in [1.165, 1.54) is 12.1 Å². The third-order valence-corrected chi connectivity index (χ3v) is 5.20. The number of hydrogen-bond acceptors (Lipinski definition) is 4. The summed E-state index contributed by atoms with van der Waals surface area (Å²) in [6.07, 6.45) is 1.10. The Morgan fingerprint density at radius 3 is 2.24 bits per heavy atom. The van der Waals surface area contributed by atoms with Crippen molar-refractivity contribution >= 4 is 11.8 Å². The van der Waals surface area contributed by atoms with Crippen LogP contribution in [0.2, 0.25) is 0 Å². The number of phenols is 1. The van der Waals surface area contributed by atoms with Crippen LogP contribution < -0.4 is 4.74 Å². The van der Waals surface area contributed by atoms with Crippen molar-refractivity contribution < 1.29 is 19.4 Å². The Hall–Kier alpha value is -3.02. The molecule has 1 saturated heterocycles. The monoisotopic (exact) mass is 396 g/mol. The van der Waals surface area contributed by atoms with Crippen LogP contribution >= 0.6 is 0 Å². The molecule has 2 aromatic carbocycles. The molecule has 0 unspecified atom stereocenters. The number of hydrogen-bond donors (Lipinski definition) is 1. The van der Waals surface area contributed by atoms with Gasteiger partial charge in [-0.2, -0.15) is 0 Å². The van der Waals surface area contributed by atoms with Crippen molar-refractivity contribution in [2.45, 2.75) is 26.7 Å². The molecule has 0 saturated carbocycles. The Bertz CT molecular complexity index is 853. The molecule has 3 rings (SSSR count). The molecular weight excluding hydrogens is 368 g/mol. The first-order chi connectivity index (χ1) is 14.0. The predicted molar refractivity (Wildman–Crippen MR) is 111 cm³/mol. The van der Waals surface area contributed by atoms with Crippen LogP contribution in [0.3, 0.4) is 0 Å². The summed E-state index contributed by atoms with van der Waals surface area (Å²) >= 11 is 0. The maximum absolute atomic E-state index is 12.5. The van der Waals surface area contributed by atoms with Crippen molar-refractivity contribution in [3.05, 3.63) is 59.2 Å². The number of amides is 2. The minimum Gasteiger partial charge on any atom is -0.508 e. The first-order valence-corrected chi connectivity index (χ1v) is 10.0. The number of para-hydroxylation sites is 1. The number of ether oxygens (including phenoxy) is 1. The van der Waals surface area contributed by atoms with Crippen molar-refractivity contribution in [3.63, 3.8) is 0 Å². The Balaban J connectivity index is 1.41. The average Bonchev–Trinajstić information content (AvgIpc) is 2.72. The molecule has 6 nitrogen and oxygen atoms in total. The number of nitrogens with zero attached hydrogens (tertiary/aromatic N) is 2. The Morgan fingerprint density at radius 1 is 0.966 bits per heavy atom. The number of piperazine rings is 1. The first-order valence-electron chi connectivity index (χ1n) is 10.0. The molecule has 1 aliphatic rings. The van der Waals surface area contributed by atoms with E-state index >= 15 is 0 Å². The minimum absolute atomic E-state index is 0.0766. The maximum Gasteiger partial charge on any atom is 0.254 e. The number of rotatable bonds is 6. The largest absolute Gasteiger partial charge is 0.508 e. The van der Waals surface area contributed by atoms with Gasteiger partial charge in [0, 0.05) is 38.2 Å². The van der Waals surface area contributed by atoms with E-state index in [0.29, 0.717) is 51.2 Å². The molecule has 0 bridgehead atoms. The molecule has 0 radical (unpaired) electrons. The number of benzene rings is 2. The van der Waals surface area contributed by atoms with Crippen LogP contribution in [0.1, 0.15) is 34.3 Å². The summed E-state index contributed by atoms with van der Waals surface area (Å²) in [4.78, 5) is 28.5. The summed E-state index contributed by atoms with van der Waals surface area (Å²) in [5.41, 5.74) is 2.67. The van der Waals surface area contributed by atoms with Crippen LogP contribution in [-0.2, 0) is 4.79 Å². The molecule has 154 valence electrons. The van der Waals surface area contributed by atoms with Gasteiger partial charge in [-0.05, 0) is 49.6 Å². The molecule has 1 N–H and O–H groups in total. The van der Waals surface area contributed by atoms with Crippen molar-refractivity contribution in [3.8, 4) is 11.5 Å². The fourth-order valence-electron chi connectivity index (χ4n) is 3.56. The van der Waals surface area contributed by atoms with Crippen LogP contribution in [0.5, 0.6) is 11.5 Å². The zero-order chi connectivity index (χ0) is 20.8. The van der Waals surface area contributed by atoms with E-state index in [1.54, 1.807) is 17.0 Å². The van der Waals surface area contributed by atoms with Crippen molar-refractivity contribution in [2.24, 2.45) is 0 Å². The van der Waals surface area contributed by atoms with Gasteiger partial charge in [0.05, 0.1) is 6.61 Å². The van der Waals surface area contributed by atoms with E-state index in [9.17, 15) is 14.7 Å². The number of phenolic OH excluding ortho intramolecular Hbond substituents is 1. The minimum atomic E-state index is -0.116. The van der Waals surface area contributed by atoms with Crippen LogP contribution in [0.4, 0.5) is 0 Å². The van der Waals surface area contributed by atoms with Gasteiger partial charge in [-0.25, -0.2) is 0 Å².